The highest BCUT2D eigenvalue weighted by molar-refractivity contribution is 5.22. The van der Waals surface area contributed by atoms with Crippen molar-refractivity contribution in [3.05, 3.63) is 40.5 Å². The van der Waals surface area contributed by atoms with Gasteiger partial charge < -0.3 is 0 Å². The third kappa shape index (κ3) is 1.09. The van der Waals surface area contributed by atoms with Crippen molar-refractivity contribution < 1.29 is 19.7 Å². The summed E-state index contributed by atoms with van der Waals surface area (Å²) in [5.41, 5.74) is -10.1. The molecule has 2 aliphatic rings. The Labute approximate surface area is 123 Å². The fraction of sp³-hybridized carbons (Fsp3) is 1.00. The lowest BCUT2D eigenvalue weighted by Gasteiger charge is -2.34. The van der Waals surface area contributed by atoms with Gasteiger partial charge in [-0.1, -0.05) is 13.8 Å². The molecule has 2 rings (SSSR count). The van der Waals surface area contributed by atoms with Crippen molar-refractivity contribution in [3.63, 3.8) is 0 Å². The summed E-state index contributed by atoms with van der Waals surface area (Å²) in [5.74, 6) is -1.41. The van der Waals surface area contributed by atoms with E-state index < -0.39 is 47.8 Å². The van der Waals surface area contributed by atoms with E-state index >= 15 is 0 Å². The van der Waals surface area contributed by atoms with E-state index in [4.69, 9.17) is 0 Å². The van der Waals surface area contributed by atoms with Crippen LogP contribution in [0.25, 0.3) is 0 Å². The predicted molar refractivity (Wildman–Crippen MR) is 68.1 cm³/mol. The van der Waals surface area contributed by atoms with Gasteiger partial charge in [-0.25, -0.2) is 0 Å². The molecule has 2 unspecified atom stereocenters. The van der Waals surface area contributed by atoms with E-state index in [2.05, 4.69) is 0 Å². The minimum absolute atomic E-state index is 0.0467. The van der Waals surface area contributed by atoms with Crippen LogP contribution in [0.2, 0.25) is 0 Å². The fourth-order valence-corrected chi connectivity index (χ4v) is 4.79. The van der Waals surface area contributed by atoms with E-state index in [1.807, 2.05) is 0 Å². The molecule has 0 aliphatic heterocycles. The molecule has 22 heavy (non-hydrogen) atoms. The van der Waals surface area contributed by atoms with Gasteiger partial charge >= 0.3 is 11.3 Å². The summed E-state index contributed by atoms with van der Waals surface area (Å²) in [5, 5.41) is 46.4. The second-order valence-corrected chi connectivity index (χ2v) is 6.57. The monoisotopic (exact) mass is 318 g/mol. The molecule has 0 spiro atoms. The van der Waals surface area contributed by atoms with Crippen LogP contribution in [0, 0.1) is 57.2 Å². The number of hydrogen-bond acceptors (Lipinski definition) is 8. The zero-order chi connectivity index (χ0) is 17.3. The molecule has 0 radical (unpaired) electrons. The van der Waals surface area contributed by atoms with Crippen LogP contribution in [-0.4, -0.2) is 31.0 Å². The van der Waals surface area contributed by atoms with Gasteiger partial charge in [-0.05, 0) is 19.8 Å². The van der Waals surface area contributed by atoms with Crippen molar-refractivity contribution in [2.75, 3.05) is 0 Å². The lowest BCUT2D eigenvalue weighted by molar-refractivity contribution is -0.947. The Morgan fingerprint density at radius 2 is 1.23 bits per heavy atom. The SMILES string of the molecule is CC1(C)C2CCC1(C)C([N+](=O)[O-])([N+](=O)[O-])C2([N+](=O)[O-])[N+](=O)[O-]. The molecule has 12 heteroatoms. The normalized spacial score (nSPS) is 33.3. The number of fused-ring (bicyclic) bond motifs is 2. The second kappa shape index (κ2) is 3.87. The summed E-state index contributed by atoms with van der Waals surface area (Å²) in [6.45, 7) is 3.95. The first-order chi connectivity index (χ1) is 9.86. The number of nitro groups is 4. The van der Waals surface area contributed by atoms with Crippen molar-refractivity contribution in [1.82, 2.24) is 0 Å². The van der Waals surface area contributed by atoms with Gasteiger partial charge in [-0.2, -0.15) is 0 Å². The Hall–Kier alpha value is -2.40. The summed E-state index contributed by atoms with van der Waals surface area (Å²) in [6.07, 6.45) is -0.106. The van der Waals surface area contributed by atoms with E-state index in [9.17, 15) is 40.5 Å². The minimum atomic E-state index is -3.51. The van der Waals surface area contributed by atoms with E-state index in [0.29, 0.717) is 0 Å². The van der Waals surface area contributed by atoms with Crippen LogP contribution in [0.1, 0.15) is 33.6 Å². The Bertz CT molecular complexity index is 588. The zero-order valence-corrected chi connectivity index (χ0v) is 12.0. The van der Waals surface area contributed by atoms with Crippen LogP contribution in [0.3, 0.4) is 0 Å². The van der Waals surface area contributed by atoms with Crippen molar-refractivity contribution in [2.24, 2.45) is 16.7 Å². The summed E-state index contributed by atoms with van der Waals surface area (Å²) < 4.78 is 0. The number of nitrogens with zero attached hydrogens (tertiary/aromatic N) is 4. The lowest BCUT2D eigenvalue weighted by Crippen LogP contribution is -2.76. The van der Waals surface area contributed by atoms with Crippen molar-refractivity contribution in [3.8, 4) is 0 Å². The van der Waals surface area contributed by atoms with Crippen LogP contribution in [-0.2, 0) is 0 Å². The summed E-state index contributed by atoms with van der Waals surface area (Å²) in [6, 6.07) is 0. The van der Waals surface area contributed by atoms with Gasteiger partial charge in [0.05, 0.1) is 0 Å². The van der Waals surface area contributed by atoms with Gasteiger partial charge in [-0.3, -0.25) is 40.5 Å². The van der Waals surface area contributed by atoms with E-state index in [1.165, 1.54) is 20.8 Å². The quantitative estimate of drug-likeness (QED) is 0.418. The van der Waals surface area contributed by atoms with Gasteiger partial charge in [0.1, 0.15) is 31.0 Å². The Balaban J connectivity index is 3.05. The number of hydrogen-bond donors (Lipinski definition) is 0. The highest BCUT2D eigenvalue weighted by atomic mass is 16.7. The van der Waals surface area contributed by atoms with Crippen molar-refractivity contribution in [2.45, 2.75) is 44.9 Å². The molecule has 0 amide bonds. The van der Waals surface area contributed by atoms with Crippen LogP contribution in [0.5, 0.6) is 0 Å². The number of rotatable bonds is 4. The molecule has 0 heterocycles. The molecule has 2 saturated carbocycles. The van der Waals surface area contributed by atoms with Crippen molar-refractivity contribution >= 4 is 0 Å². The van der Waals surface area contributed by atoms with Crippen LogP contribution < -0.4 is 0 Å². The molecule has 0 aromatic carbocycles. The standard InChI is InChI=1S/C10H14N4O8/c1-7(2)6-4-5-8(7,3)10(13(19)20,14(21)22)9(6,11(15)16)12(17)18/h6H,4-5H2,1-3H3. The molecule has 0 aromatic rings. The zero-order valence-electron chi connectivity index (χ0n) is 12.0. The maximum atomic E-state index is 11.6. The van der Waals surface area contributed by atoms with Crippen LogP contribution in [0.4, 0.5) is 0 Å². The van der Waals surface area contributed by atoms with E-state index in [-0.39, 0.29) is 12.8 Å². The first-order valence-corrected chi connectivity index (χ1v) is 6.44. The molecule has 12 nitrogen and oxygen atoms in total. The third-order valence-electron chi connectivity index (χ3n) is 6.08. The van der Waals surface area contributed by atoms with Gasteiger partial charge in [0.15, 0.2) is 0 Å². The summed E-state index contributed by atoms with van der Waals surface area (Å²) in [7, 11) is 0. The summed E-state index contributed by atoms with van der Waals surface area (Å²) >= 11 is 0. The molecule has 2 atom stereocenters. The molecule has 0 aromatic heterocycles. The summed E-state index contributed by atoms with van der Waals surface area (Å²) in [4.78, 5) is 40.7. The van der Waals surface area contributed by atoms with Crippen LogP contribution >= 0.6 is 0 Å². The molecular weight excluding hydrogens is 304 g/mol. The van der Waals surface area contributed by atoms with Gasteiger partial charge in [0.25, 0.3) is 0 Å². The Morgan fingerprint density at radius 3 is 1.50 bits per heavy atom. The average Bonchev–Trinajstić information content (AvgIpc) is 2.65. The first kappa shape index (κ1) is 16.0. The van der Waals surface area contributed by atoms with Gasteiger partial charge in [0, 0.05) is 5.41 Å². The third-order valence-corrected chi connectivity index (χ3v) is 6.08. The molecular formula is C10H14N4O8. The Kier molecular flexibility index (Phi) is 2.81. The lowest BCUT2D eigenvalue weighted by atomic mass is 9.66. The van der Waals surface area contributed by atoms with Gasteiger partial charge in [0.2, 0.25) is 0 Å². The van der Waals surface area contributed by atoms with E-state index in [1.54, 1.807) is 0 Å². The molecule has 0 saturated heterocycles. The molecule has 2 bridgehead atoms. The second-order valence-electron chi connectivity index (χ2n) is 6.57. The van der Waals surface area contributed by atoms with Crippen molar-refractivity contribution in [1.29, 1.82) is 0 Å². The first-order valence-electron chi connectivity index (χ1n) is 6.44. The van der Waals surface area contributed by atoms with E-state index in [0.717, 1.165) is 0 Å². The fourth-order valence-electron chi connectivity index (χ4n) is 4.79. The molecule has 0 N–H and O–H groups in total. The molecule has 122 valence electrons. The van der Waals surface area contributed by atoms with Crippen LogP contribution in [0.15, 0.2) is 0 Å². The average molecular weight is 318 g/mol. The predicted octanol–water partition coefficient (Wildman–Crippen LogP) is 0.942. The largest absolute Gasteiger partial charge is 0.600 e. The highest BCUT2D eigenvalue weighted by Gasteiger charge is 3.08. The topological polar surface area (TPSA) is 173 Å². The van der Waals surface area contributed by atoms with Gasteiger partial charge in [-0.15, -0.1) is 0 Å². The molecule has 2 aliphatic carbocycles. The maximum absolute atomic E-state index is 11.6. The minimum Gasteiger partial charge on any atom is -0.258 e. The molecule has 2 fully saturated rings. The smallest absolute Gasteiger partial charge is 0.258 e. The highest BCUT2D eigenvalue weighted by Crippen LogP contribution is 2.74. The Morgan fingerprint density at radius 1 is 0.818 bits per heavy atom. The maximum Gasteiger partial charge on any atom is 0.600 e.